The first-order chi connectivity index (χ1) is 11.6. The quantitative estimate of drug-likeness (QED) is 0.754. The molecule has 2 aromatic carbocycles. The fourth-order valence-corrected chi connectivity index (χ4v) is 2.24. The molecule has 2 amide bonds. The van der Waals surface area contributed by atoms with Gasteiger partial charge >= 0.3 is 0 Å². The number of carbonyl (C=O) groups excluding carboxylic acids is 2. The van der Waals surface area contributed by atoms with Crippen LogP contribution in [0.5, 0.6) is 5.75 Å². The SMILES string of the molecule is COc1ccccc1NC(=O)CCCNC(=O)c1ccc(Cl)cc1. The Hall–Kier alpha value is -2.53. The van der Waals surface area contributed by atoms with Gasteiger partial charge in [0, 0.05) is 23.6 Å². The average Bonchev–Trinajstić information content (AvgIpc) is 2.59. The summed E-state index contributed by atoms with van der Waals surface area (Å²) in [5.41, 5.74) is 1.17. The van der Waals surface area contributed by atoms with Gasteiger partial charge in [0.1, 0.15) is 5.75 Å². The molecule has 5 nitrogen and oxygen atoms in total. The molecule has 0 bridgehead atoms. The summed E-state index contributed by atoms with van der Waals surface area (Å²) in [4.78, 5) is 23.8. The standard InChI is InChI=1S/C18H19ClN2O3/c1-24-16-6-3-2-5-15(16)21-17(22)7-4-12-20-18(23)13-8-10-14(19)11-9-13/h2-3,5-6,8-11H,4,7,12H2,1H3,(H,20,23)(H,21,22). The van der Waals surface area contributed by atoms with Gasteiger partial charge in [-0.25, -0.2) is 0 Å². The van der Waals surface area contributed by atoms with Gasteiger partial charge in [-0.05, 0) is 42.8 Å². The highest BCUT2D eigenvalue weighted by molar-refractivity contribution is 6.30. The van der Waals surface area contributed by atoms with E-state index in [-0.39, 0.29) is 11.8 Å². The predicted octanol–water partition coefficient (Wildman–Crippen LogP) is 3.50. The van der Waals surface area contributed by atoms with E-state index in [0.29, 0.717) is 41.4 Å². The molecular formula is C18H19ClN2O3. The van der Waals surface area contributed by atoms with Crippen molar-refractivity contribution in [3.63, 3.8) is 0 Å². The number of methoxy groups -OCH3 is 1. The molecule has 0 aliphatic carbocycles. The molecule has 2 rings (SSSR count). The zero-order valence-corrected chi connectivity index (χ0v) is 14.1. The number of benzene rings is 2. The number of anilines is 1. The Labute approximate surface area is 146 Å². The molecule has 2 N–H and O–H groups in total. The largest absolute Gasteiger partial charge is 0.495 e. The predicted molar refractivity (Wildman–Crippen MR) is 94.6 cm³/mol. The Kier molecular flexibility index (Phi) is 6.63. The lowest BCUT2D eigenvalue weighted by Gasteiger charge is -2.10. The molecule has 0 heterocycles. The van der Waals surface area contributed by atoms with Crippen LogP contribution in [0.15, 0.2) is 48.5 Å². The second-order valence-electron chi connectivity index (χ2n) is 5.11. The first-order valence-electron chi connectivity index (χ1n) is 7.57. The normalized spacial score (nSPS) is 10.1. The van der Waals surface area contributed by atoms with Gasteiger partial charge in [0.2, 0.25) is 5.91 Å². The number of para-hydroxylation sites is 2. The lowest BCUT2D eigenvalue weighted by molar-refractivity contribution is -0.116. The van der Waals surface area contributed by atoms with Gasteiger partial charge in [0.15, 0.2) is 0 Å². The van der Waals surface area contributed by atoms with Crippen molar-refractivity contribution in [1.82, 2.24) is 5.32 Å². The lowest BCUT2D eigenvalue weighted by Crippen LogP contribution is -2.25. The fourth-order valence-electron chi connectivity index (χ4n) is 2.11. The Morgan fingerprint density at radius 3 is 2.50 bits per heavy atom. The van der Waals surface area contributed by atoms with Crippen molar-refractivity contribution < 1.29 is 14.3 Å². The van der Waals surface area contributed by atoms with Gasteiger partial charge in [-0.3, -0.25) is 9.59 Å². The van der Waals surface area contributed by atoms with Crippen molar-refractivity contribution >= 4 is 29.1 Å². The zero-order chi connectivity index (χ0) is 17.4. The van der Waals surface area contributed by atoms with Gasteiger partial charge in [0.05, 0.1) is 12.8 Å². The third-order valence-electron chi connectivity index (χ3n) is 3.35. The topological polar surface area (TPSA) is 67.4 Å². The third-order valence-corrected chi connectivity index (χ3v) is 3.61. The molecule has 0 unspecified atom stereocenters. The molecule has 24 heavy (non-hydrogen) atoms. The summed E-state index contributed by atoms with van der Waals surface area (Å²) < 4.78 is 5.18. The number of carbonyl (C=O) groups is 2. The van der Waals surface area contributed by atoms with E-state index in [2.05, 4.69) is 10.6 Å². The Morgan fingerprint density at radius 2 is 1.79 bits per heavy atom. The minimum absolute atomic E-state index is 0.125. The van der Waals surface area contributed by atoms with Crippen LogP contribution in [0.3, 0.4) is 0 Å². The van der Waals surface area contributed by atoms with Crippen LogP contribution in [0.1, 0.15) is 23.2 Å². The molecule has 0 spiro atoms. The van der Waals surface area contributed by atoms with Gasteiger partial charge in [-0.1, -0.05) is 23.7 Å². The maximum atomic E-state index is 11.9. The van der Waals surface area contributed by atoms with Crippen LogP contribution in [0.25, 0.3) is 0 Å². The van der Waals surface area contributed by atoms with E-state index in [1.165, 1.54) is 0 Å². The maximum absolute atomic E-state index is 11.9. The second kappa shape index (κ2) is 8.93. The van der Waals surface area contributed by atoms with Crippen LogP contribution in [0.2, 0.25) is 5.02 Å². The molecule has 6 heteroatoms. The number of hydrogen-bond acceptors (Lipinski definition) is 3. The lowest BCUT2D eigenvalue weighted by atomic mass is 10.2. The van der Waals surface area contributed by atoms with E-state index in [9.17, 15) is 9.59 Å². The highest BCUT2D eigenvalue weighted by Crippen LogP contribution is 2.23. The summed E-state index contributed by atoms with van der Waals surface area (Å²) in [5, 5.41) is 6.15. The summed E-state index contributed by atoms with van der Waals surface area (Å²) >= 11 is 5.78. The van der Waals surface area contributed by atoms with E-state index in [1.54, 1.807) is 43.5 Å². The van der Waals surface area contributed by atoms with Gasteiger partial charge in [-0.2, -0.15) is 0 Å². The van der Waals surface area contributed by atoms with Crippen LogP contribution >= 0.6 is 11.6 Å². The van der Waals surface area contributed by atoms with Crippen molar-refractivity contribution in [1.29, 1.82) is 0 Å². The molecule has 0 aliphatic heterocycles. The summed E-state index contributed by atoms with van der Waals surface area (Å²) in [5.74, 6) is 0.305. The van der Waals surface area contributed by atoms with Crippen molar-refractivity contribution in [2.24, 2.45) is 0 Å². The van der Waals surface area contributed by atoms with E-state index in [0.717, 1.165) is 0 Å². The van der Waals surface area contributed by atoms with Crippen LogP contribution in [-0.2, 0) is 4.79 Å². The second-order valence-corrected chi connectivity index (χ2v) is 5.55. The Bertz CT molecular complexity index is 702. The molecule has 0 radical (unpaired) electrons. The number of nitrogens with one attached hydrogen (secondary N) is 2. The highest BCUT2D eigenvalue weighted by atomic mass is 35.5. The van der Waals surface area contributed by atoms with E-state index in [4.69, 9.17) is 16.3 Å². The molecule has 0 saturated carbocycles. The first-order valence-corrected chi connectivity index (χ1v) is 7.94. The van der Waals surface area contributed by atoms with E-state index < -0.39 is 0 Å². The highest BCUT2D eigenvalue weighted by Gasteiger charge is 2.08. The van der Waals surface area contributed by atoms with Crippen LogP contribution < -0.4 is 15.4 Å². The maximum Gasteiger partial charge on any atom is 0.251 e. The Balaban J connectivity index is 1.73. The average molecular weight is 347 g/mol. The molecule has 0 saturated heterocycles. The minimum atomic E-state index is -0.184. The monoisotopic (exact) mass is 346 g/mol. The van der Waals surface area contributed by atoms with Crippen molar-refractivity contribution in [3.05, 3.63) is 59.1 Å². The zero-order valence-electron chi connectivity index (χ0n) is 13.3. The van der Waals surface area contributed by atoms with Crippen molar-refractivity contribution in [2.45, 2.75) is 12.8 Å². The number of ether oxygens (including phenoxy) is 1. The molecule has 126 valence electrons. The number of halogens is 1. The smallest absolute Gasteiger partial charge is 0.251 e. The summed E-state index contributed by atoms with van der Waals surface area (Å²) in [6.07, 6.45) is 0.846. The Morgan fingerprint density at radius 1 is 1.08 bits per heavy atom. The molecule has 0 fully saturated rings. The number of hydrogen-bond donors (Lipinski definition) is 2. The van der Waals surface area contributed by atoms with E-state index >= 15 is 0 Å². The summed E-state index contributed by atoms with van der Waals surface area (Å²) in [6, 6.07) is 13.9. The molecule has 0 atom stereocenters. The van der Waals surface area contributed by atoms with Crippen molar-refractivity contribution in [3.8, 4) is 5.75 Å². The number of rotatable bonds is 7. The molecular weight excluding hydrogens is 328 g/mol. The first kappa shape index (κ1) is 17.8. The summed E-state index contributed by atoms with van der Waals surface area (Å²) in [7, 11) is 1.55. The minimum Gasteiger partial charge on any atom is -0.495 e. The van der Waals surface area contributed by atoms with Crippen LogP contribution in [0, 0.1) is 0 Å². The van der Waals surface area contributed by atoms with Gasteiger partial charge in [-0.15, -0.1) is 0 Å². The molecule has 0 aromatic heterocycles. The number of amides is 2. The summed E-state index contributed by atoms with van der Waals surface area (Å²) in [6.45, 7) is 0.417. The molecule has 0 aliphatic rings. The third kappa shape index (κ3) is 5.28. The van der Waals surface area contributed by atoms with Crippen LogP contribution in [0.4, 0.5) is 5.69 Å². The van der Waals surface area contributed by atoms with Gasteiger partial charge < -0.3 is 15.4 Å². The molecule has 2 aromatic rings. The van der Waals surface area contributed by atoms with E-state index in [1.807, 2.05) is 12.1 Å². The van der Waals surface area contributed by atoms with Gasteiger partial charge in [0.25, 0.3) is 5.91 Å². The van der Waals surface area contributed by atoms with Crippen molar-refractivity contribution in [2.75, 3.05) is 19.0 Å². The fraction of sp³-hybridized carbons (Fsp3) is 0.222. The van der Waals surface area contributed by atoms with Crippen LogP contribution in [-0.4, -0.2) is 25.5 Å².